The van der Waals surface area contributed by atoms with Gasteiger partial charge in [0.15, 0.2) is 0 Å². The Morgan fingerprint density at radius 1 is 0.729 bits per heavy atom. The van der Waals surface area contributed by atoms with Crippen LogP contribution in [0.15, 0.2) is 156 Å². The molecule has 5 aliphatic carbocycles. The molecule has 2 heteroatoms. The number of ether oxygens (including phenoxy) is 1. The fourth-order valence-electron chi connectivity index (χ4n) is 8.92. The zero-order chi connectivity index (χ0) is 32.0. The van der Waals surface area contributed by atoms with Crippen molar-refractivity contribution in [3.05, 3.63) is 173 Å². The van der Waals surface area contributed by atoms with Gasteiger partial charge in [-0.3, -0.25) is 0 Å². The van der Waals surface area contributed by atoms with Crippen molar-refractivity contribution in [1.82, 2.24) is 0 Å². The Bertz CT molecular complexity index is 2000. The molecule has 0 saturated heterocycles. The molecule has 9 rings (SSSR count). The SMILES string of the molecule is C[C@H]1CC=CC(N(c2ccccc2-c2ccccc2)C2CC=CCC2)=C2C3=C(OC21)C1C=CC=CC1C(c1cccc2c1C=CCC2)=C3. The molecule has 0 radical (unpaired) electrons. The number of rotatable bonds is 5. The topological polar surface area (TPSA) is 12.5 Å². The van der Waals surface area contributed by atoms with E-state index in [1.807, 2.05) is 0 Å². The van der Waals surface area contributed by atoms with E-state index in [0.29, 0.717) is 12.0 Å². The molecule has 4 unspecified atom stereocenters. The monoisotopic (exact) mass is 625 g/mol. The average Bonchev–Trinajstić information content (AvgIpc) is 3.47. The second-order valence-corrected chi connectivity index (χ2v) is 14.2. The molecule has 0 fully saturated rings. The van der Waals surface area contributed by atoms with Crippen LogP contribution in [0.5, 0.6) is 0 Å². The molecule has 48 heavy (non-hydrogen) atoms. The molecule has 1 aliphatic heterocycles. The Balaban J connectivity index is 1.29. The van der Waals surface area contributed by atoms with Gasteiger partial charge in [0.05, 0.1) is 0 Å². The number of nitrogens with zero attached hydrogens (tertiary/aromatic N) is 1. The summed E-state index contributed by atoms with van der Waals surface area (Å²) in [6, 6.07) is 27.2. The number of anilines is 1. The molecule has 238 valence electrons. The van der Waals surface area contributed by atoms with Crippen molar-refractivity contribution in [1.29, 1.82) is 0 Å². The summed E-state index contributed by atoms with van der Waals surface area (Å²) in [5, 5.41) is 0. The fourth-order valence-corrected chi connectivity index (χ4v) is 8.92. The zero-order valence-electron chi connectivity index (χ0n) is 27.8. The summed E-state index contributed by atoms with van der Waals surface area (Å²) in [5.41, 5.74) is 13.4. The van der Waals surface area contributed by atoms with Gasteiger partial charge in [0.25, 0.3) is 0 Å². The lowest BCUT2D eigenvalue weighted by molar-refractivity contribution is 0.102. The Morgan fingerprint density at radius 2 is 1.56 bits per heavy atom. The van der Waals surface area contributed by atoms with Crippen molar-refractivity contribution in [2.75, 3.05) is 4.90 Å². The number of hydrogen-bond donors (Lipinski definition) is 0. The molecule has 0 N–H and O–H groups in total. The number of fused-ring (bicyclic) bond motifs is 5. The van der Waals surface area contributed by atoms with Gasteiger partial charge in [-0.1, -0.05) is 128 Å². The largest absolute Gasteiger partial charge is 0.488 e. The molecule has 3 aromatic rings. The highest BCUT2D eigenvalue weighted by molar-refractivity contribution is 5.85. The van der Waals surface area contributed by atoms with Crippen molar-refractivity contribution in [3.63, 3.8) is 0 Å². The van der Waals surface area contributed by atoms with E-state index in [0.717, 1.165) is 44.3 Å². The third kappa shape index (κ3) is 4.93. The minimum absolute atomic E-state index is 0.00524. The van der Waals surface area contributed by atoms with E-state index in [4.69, 9.17) is 4.74 Å². The lowest BCUT2D eigenvalue weighted by atomic mass is 9.71. The second-order valence-electron chi connectivity index (χ2n) is 14.2. The van der Waals surface area contributed by atoms with E-state index in [1.54, 1.807) is 0 Å². The summed E-state index contributed by atoms with van der Waals surface area (Å²) < 4.78 is 7.24. The number of para-hydroxylation sites is 1. The van der Waals surface area contributed by atoms with E-state index < -0.39 is 0 Å². The highest BCUT2D eigenvalue weighted by atomic mass is 16.5. The van der Waals surface area contributed by atoms with Gasteiger partial charge in [0.1, 0.15) is 11.9 Å². The predicted octanol–water partition coefficient (Wildman–Crippen LogP) is 11.2. The van der Waals surface area contributed by atoms with Gasteiger partial charge < -0.3 is 9.64 Å². The molecular formula is C46H43NO. The van der Waals surface area contributed by atoms with Crippen LogP contribution in [0.3, 0.4) is 0 Å². The minimum Gasteiger partial charge on any atom is -0.488 e. The first-order chi connectivity index (χ1) is 23.8. The fraction of sp³-hybridized carbons (Fsp3) is 0.261. The van der Waals surface area contributed by atoms with Crippen molar-refractivity contribution < 1.29 is 4.74 Å². The molecule has 0 spiro atoms. The molecule has 2 nitrogen and oxygen atoms in total. The summed E-state index contributed by atoms with van der Waals surface area (Å²) >= 11 is 0. The van der Waals surface area contributed by atoms with Crippen LogP contribution in [-0.4, -0.2) is 12.1 Å². The number of hydrogen-bond acceptors (Lipinski definition) is 2. The third-order valence-electron chi connectivity index (χ3n) is 11.3. The van der Waals surface area contributed by atoms with Crippen molar-refractivity contribution in [2.24, 2.45) is 17.8 Å². The highest BCUT2D eigenvalue weighted by Gasteiger charge is 2.45. The smallest absolute Gasteiger partial charge is 0.129 e. The molecular weight excluding hydrogens is 583 g/mol. The molecule has 5 atom stereocenters. The predicted molar refractivity (Wildman–Crippen MR) is 200 cm³/mol. The maximum absolute atomic E-state index is 7.24. The first kappa shape index (κ1) is 29.3. The van der Waals surface area contributed by atoms with Crippen LogP contribution >= 0.6 is 0 Å². The second kappa shape index (κ2) is 12.3. The van der Waals surface area contributed by atoms with Gasteiger partial charge in [0.2, 0.25) is 0 Å². The van der Waals surface area contributed by atoms with E-state index in [2.05, 4.69) is 151 Å². The van der Waals surface area contributed by atoms with Crippen LogP contribution in [0.25, 0.3) is 22.8 Å². The zero-order valence-corrected chi connectivity index (χ0v) is 27.8. The van der Waals surface area contributed by atoms with Gasteiger partial charge >= 0.3 is 0 Å². The van der Waals surface area contributed by atoms with Gasteiger partial charge in [-0.2, -0.15) is 0 Å². The van der Waals surface area contributed by atoms with Crippen LogP contribution in [0, 0.1) is 17.8 Å². The lowest BCUT2D eigenvalue weighted by Crippen LogP contribution is -2.37. The average molecular weight is 626 g/mol. The number of allylic oxidation sites excluding steroid dienone is 10. The molecule has 0 saturated carbocycles. The van der Waals surface area contributed by atoms with Crippen LogP contribution in [0.1, 0.15) is 55.7 Å². The summed E-state index contributed by atoms with van der Waals surface area (Å²) in [4.78, 5) is 2.70. The number of benzene rings is 3. The first-order valence-electron chi connectivity index (χ1n) is 18.0. The van der Waals surface area contributed by atoms with E-state index >= 15 is 0 Å². The van der Waals surface area contributed by atoms with Gasteiger partial charge in [0, 0.05) is 51.9 Å². The van der Waals surface area contributed by atoms with E-state index in [9.17, 15) is 0 Å². The van der Waals surface area contributed by atoms with Crippen molar-refractivity contribution in [3.8, 4) is 11.1 Å². The Kier molecular flexibility index (Phi) is 7.53. The van der Waals surface area contributed by atoms with Crippen LogP contribution in [-0.2, 0) is 11.2 Å². The Labute approximate surface area is 285 Å². The first-order valence-corrected chi connectivity index (χ1v) is 18.0. The van der Waals surface area contributed by atoms with Crippen LogP contribution in [0.2, 0.25) is 0 Å². The van der Waals surface area contributed by atoms with Crippen LogP contribution < -0.4 is 4.90 Å². The molecule has 3 aromatic carbocycles. The molecule has 0 bridgehead atoms. The van der Waals surface area contributed by atoms with Gasteiger partial charge in [-0.15, -0.1) is 0 Å². The Hall–Kier alpha value is -4.82. The Morgan fingerprint density at radius 3 is 2.44 bits per heavy atom. The molecule has 6 aliphatic rings. The minimum atomic E-state index is 0.00524. The maximum atomic E-state index is 7.24. The standard InChI is InChI=1S/C46H43NO/c1-31-16-14-29-43(47(34-21-6-3-7-22-34)42-28-13-12-24-36(42)33-17-4-2-5-18-33)44-41-30-40(37-27-15-20-32-19-8-9-23-35(32)37)38-25-10-11-26-39(38)46(41)48-45(31)44/h2-6,9-15,17-18,20,23-31,34,38-39,45H,7-8,16,19,21-22H2,1H3/t31-,34?,38?,39?,45?/m0/s1. The summed E-state index contributed by atoms with van der Waals surface area (Å²) in [5.74, 6) is 1.96. The van der Waals surface area contributed by atoms with Crippen molar-refractivity contribution in [2.45, 2.75) is 57.6 Å². The highest BCUT2D eigenvalue weighted by Crippen LogP contribution is 2.53. The molecule has 0 aromatic heterocycles. The maximum Gasteiger partial charge on any atom is 0.129 e. The van der Waals surface area contributed by atoms with Crippen LogP contribution in [0.4, 0.5) is 5.69 Å². The molecule has 1 heterocycles. The van der Waals surface area contributed by atoms with Gasteiger partial charge in [-0.05, 0) is 84.6 Å². The van der Waals surface area contributed by atoms with Gasteiger partial charge in [-0.25, -0.2) is 0 Å². The lowest BCUT2D eigenvalue weighted by Gasteiger charge is -2.38. The summed E-state index contributed by atoms with van der Waals surface area (Å²) in [6.07, 6.45) is 32.6. The van der Waals surface area contributed by atoms with E-state index in [1.165, 1.54) is 55.9 Å². The summed E-state index contributed by atoms with van der Waals surface area (Å²) in [6.45, 7) is 2.37. The summed E-state index contributed by atoms with van der Waals surface area (Å²) in [7, 11) is 0. The van der Waals surface area contributed by atoms with Crippen molar-refractivity contribution >= 4 is 17.3 Å². The quantitative estimate of drug-likeness (QED) is 0.262. The third-order valence-corrected chi connectivity index (χ3v) is 11.3. The normalized spacial score (nSPS) is 26.7. The molecule has 0 amide bonds. The number of aryl methyl sites for hydroxylation is 1. The van der Waals surface area contributed by atoms with E-state index in [-0.39, 0.29) is 17.9 Å².